The summed E-state index contributed by atoms with van der Waals surface area (Å²) in [4.78, 5) is 17.7. The number of nitrogens with one attached hydrogen (secondary N) is 1. The first kappa shape index (κ1) is 17.1. The molecule has 6 N–H and O–H groups in total. The number of carbonyl (C=O) groups is 1. The quantitative estimate of drug-likeness (QED) is 0.457. The molecule has 1 amide bonds. The van der Waals surface area contributed by atoms with Crippen LogP contribution < -0.4 is 5.73 Å². The standard InChI is InChI=1S/C17H17N3O5/c18-16(24)10-8-19-17(20-10)15-13(23)12(22)14(25-15)11(21)7-6-9-4-2-1-3-5-9/h1-5,8,11-15,21-23H,(H2,18,24)(H,19,20)/t11?,12-,13+,14+,15+/m0/s1. The second kappa shape index (κ2) is 7.04. The molecule has 25 heavy (non-hydrogen) atoms. The molecule has 130 valence electrons. The van der Waals surface area contributed by atoms with E-state index in [0.717, 1.165) is 0 Å². The van der Waals surface area contributed by atoms with Crippen molar-refractivity contribution in [2.45, 2.75) is 30.5 Å². The van der Waals surface area contributed by atoms with Gasteiger partial charge in [0.1, 0.15) is 42.0 Å². The van der Waals surface area contributed by atoms with Crippen LogP contribution in [0.1, 0.15) is 28.0 Å². The summed E-state index contributed by atoms with van der Waals surface area (Å²) in [7, 11) is 0. The third-order valence-electron chi connectivity index (χ3n) is 3.87. The zero-order chi connectivity index (χ0) is 18.0. The topological polar surface area (TPSA) is 142 Å². The summed E-state index contributed by atoms with van der Waals surface area (Å²) in [6.45, 7) is 0. The maximum atomic E-state index is 11.1. The fraction of sp³-hybridized carbons (Fsp3) is 0.294. The van der Waals surface area contributed by atoms with E-state index in [1.807, 2.05) is 18.2 Å². The predicted octanol–water partition coefficient (Wildman–Crippen LogP) is -0.917. The average molecular weight is 343 g/mol. The van der Waals surface area contributed by atoms with Crippen LogP contribution >= 0.6 is 0 Å². The zero-order valence-electron chi connectivity index (χ0n) is 13.0. The second-order valence-electron chi connectivity index (χ2n) is 5.62. The molecule has 0 radical (unpaired) electrons. The number of rotatable bonds is 3. The first-order valence-corrected chi connectivity index (χ1v) is 7.58. The lowest BCUT2D eigenvalue weighted by molar-refractivity contribution is -0.0473. The number of carbonyl (C=O) groups excluding carboxylic acids is 1. The summed E-state index contributed by atoms with van der Waals surface area (Å²) in [5.74, 6) is 4.76. The van der Waals surface area contributed by atoms with E-state index in [2.05, 4.69) is 21.8 Å². The molecule has 1 aromatic carbocycles. The van der Waals surface area contributed by atoms with Gasteiger partial charge >= 0.3 is 0 Å². The monoisotopic (exact) mass is 343 g/mol. The van der Waals surface area contributed by atoms with Crippen molar-refractivity contribution in [1.29, 1.82) is 0 Å². The Balaban J connectivity index is 1.75. The first-order chi connectivity index (χ1) is 12.0. The maximum absolute atomic E-state index is 11.1. The SMILES string of the molecule is NC(=O)c1c[nH]c([C@@H]2O[C@H](C(O)C#Cc3ccccc3)[C@@H](O)[C@H]2O)n1. The zero-order valence-corrected chi connectivity index (χ0v) is 13.0. The van der Waals surface area contributed by atoms with E-state index in [0.29, 0.717) is 5.56 Å². The highest BCUT2D eigenvalue weighted by atomic mass is 16.6. The van der Waals surface area contributed by atoms with Gasteiger partial charge in [0.2, 0.25) is 0 Å². The summed E-state index contributed by atoms with van der Waals surface area (Å²) in [6, 6.07) is 9.01. The highest BCUT2D eigenvalue weighted by Gasteiger charge is 2.47. The number of ether oxygens (including phenoxy) is 1. The Bertz CT molecular complexity index is 810. The molecule has 0 bridgehead atoms. The van der Waals surface area contributed by atoms with Gasteiger partial charge in [-0.15, -0.1) is 0 Å². The number of primary amides is 1. The van der Waals surface area contributed by atoms with Gasteiger partial charge in [-0.25, -0.2) is 4.98 Å². The number of hydrogen-bond donors (Lipinski definition) is 5. The molecular formula is C17H17N3O5. The molecule has 1 saturated heterocycles. The molecular weight excluding hydrogens is 326 g/mol. The average Bonchev–Trinajstić information content (AvgIpc) is 3.20. The van der Waals surface area contributed by atoms with Crippen LogP contribution in [0.15, 0.2) is 36.5 Å². The van der Waals surface area contributed by atoms with Gasteiger partial charge in [0, 0.05) is 11.8 Å². The predicted molar refractivity (Wildman–Crippen MR) is 86.1 cm³/mol. The number of nitrogens with zero attached hydrogens (tertiary/aromatic N) is 1. The Morgan fingerprint density at radius 2 is 2.00 bits per heavy atom. The van der Waals surface area contributed by atoms with Gasteiger partial charge in [0.25, 0.3) is 5.91 Å². The smallest absolute Gasteiger partial charge is 0.268 e. The number of aliphatic hydroxyl groups excluding tert-OH is 3. The van der Waals surface area contributed by atoms with Gasteiger partial charge < -0.3 is 30.8 Å². The van der Waals surface area contributed by atoms with Crippen molar-refractivity contribution in [1.82, 2.24) is 9.97 Å². The van der Waals surface area contributed by atoms with Gasteiger partial charge in [-0.1, -0.05) is 30.0 Å². The lowest BCUT2D eigenvalue weighted by Crippen LogP contribution is -2.37. The lowest BCUT2D eigenvalue weighted by Gasteiger charge is -2.16. The second-order valence-corrected chi connectivity index (χ2v) is 5.62. The highest BCUT2D eigenvalue weighted by Crippen LogP contribution is 2.33. The normalized spacial score (nSPS) is 26.7. The number of aromatic nitrogens is 2. The third kappa shape index (κ3) is 3.55. The van der Waals surface area contributed by atoms with Crippen LogP contribution in [0.25, 0.3) is 0 Å². The van der Waals surface area contributed by atoms with Crippen molar-refractivity contribution in [2.24, 2.45) is 5.73 Å². The number of aliphatic hydroxyl groups is 3. The fourth-order valence-electron chi connectivity index (χ4n) is 2.56. The minimum atomic E-state index is -1.37. The number of imidazole rings is 1. The lowest BCUT2D eigenvalue weighted by atomic mass is 10.0. The van der Waals surface area contributed by atoms with Crippen molar-refractivity contribution in [3.63, 3.8) is 0 Å². The summed E-state index contributed by atoms with van der Waals surface area (Å²) in [6.07, 6.45) is -4.92. The van der Waals surface area contributed by atoms with Gasteiger partial charge in [-0.2, -0.15) is 0 Å². The van der Waals surface area contributed by atoms with E-state index in [-0.39, 0.29) is 11.5 Å². The largest absolute Gasteiger partial charge is 0.387 e. The summed E-state index contributed by atoms with van der Waals surface area (Å²) >= 11 is 0. The van der Waals surface area contributed by atoms with Crippen molar-refractivity contribution in [3.8, 4) is 11.8 Å². The molecule has 8 nitrogen and oxygen atoms in total. The van der Waals surface area contributed by atoms with Gasteiger partial charge in [-0.05, 0) is 12.1 Å². The number of benzene rings is 1. The Hall–Kier alpha value is -2.70. The first-order valence-electron chi connectivity index (χ1n) is 7.58. The molecule has 1 aliphatic rings. The highest BCUT2D eigenvalue weighted by molar-refractivity contribution is 5.90. The van der Waals surface area contributed by atoms with E-state index in [1.165, 1.54) is 6.20 Å². The van der Waals surface area contributed by atoms with E-state index in [4.69, 9.17) is 10.5 Å². The minimum absolute atomic E-state index is 0.0202. The van der Waals surface area contributed by atoms with Crippen LogP contribution in [0.3, 0.4) is 0 Å². The van der Waals surface area contributed by atoms with Crippen LogP contribution in [0.5, 0.6) is 0 Å². The van der Waals surface area contributed by atoms with Crippen LogP contribution in [0, 0.1) is 11.8 Å². The number of aromatic amines is 1. The molecule has 1 fully saturated rings. The van der Waals surface area contributed by atoms with Crippen molar-refractivity contribution in [2.75, 3.05) is 0 Å². The molecule has 0 spiro atoms. The van der Waals surface area contributed by atoms with E-state index >= 15 is 0 Å². The Kier molecular flexibility index (Phi) is 4.83. The van der Waals surface area contributed by atoms with E-state index in [9.17, 15) is 20.1 Å². The van der Waals surface area contributed by atoms with Crippen LogP contribution in [-0.4, -0.2) is 55.6 Å². The molecule has 5 atom stereocenters. The van der Waals surface area contributed by atoms with Crippen molar-refractivity contribution >= 4 is 5.91 Å². The number of H-pyrrole nitrogens is 1. The Morgan fingerprint density at radius 3 is 2.64 bits per heavy atom. The third-order valence-corrected chi connectivity index (χ3v) is 3.87. The minimum Gasteiger partial charge on any atom is -0.387 e. The van der Waals surface area contributed by atoms with Crippen LogP contribution in [0.2, 0.25) is 0 Å². The molecule has 0 saturated carbocycles. The van der Waals surface area contributed by atoms with Crippen molar-refractivity contribution < 1.29 is 24.9 Å². The molecule has 3 rings (SSSR count). The van der Waals surface area contributed by atoms with Gasteiger partial charge in [0.15, 0.2) is 0 Å². The van der Waals surface area contributed by atoms with Gasteiger partial charge in [0.05, 0.1) is 0 Å². The van der Waals surface area contributed by atoms with Crippen molar-refractivity contribution in [3.05, 3.63) is 53.6 Å². The Labute approximate surface area is 143 Å². The summed E-state index contributed by atoms with van der Waals surface area (Å²) in [5.41, 5.74) is 5.80. The molecule has 2 aromatic rings. The molecule has 0 aliphatic carbocycles. The Morgan fingerprint density at radius 1 is 1.28 bits per heavy atom. The molecule has 8 heteroatoms. The van der Waals surface area contributed by atoms with E-state index in [1.54, 1.807) is 12.1 Å². The fourth-order valence-corrected chi connectivity index (χ4v) is 2.56. The number of amides is 1. The number of hydrogen-bond acceptors (Lipinski definition) is 6. The molecule has 2 heterocycles. The van der Waals surface area contributed by atoms with Gasteiger partial charge in [-0.3, -0.25) is 4.79 Å². The van der Waals surface area contributed by atoms with Crippen LogP contribution in [-0.2, 0) is 4.74 Å². The van der Waals surface area contributed by atoms with Crippen LogP contribution in [0.4, 0.5) is 0 Å². The summed E-state index contributed by atoms with van der Waals surface area (Å²) in [5, 5.41) is 30.5. The maximum Gasteiger partial charge on any atom is 0.268 e. The molecule has 1 aliphatic heterocycles. The number of nitrogens with two attached hydrogens (primary N) is 1. The molecule has 1 aromatic heterocycles. The summed E-state index contributed by atoms with van der Waals surface area (Å²) < 4.78 is 5.52. The molecule has 1 unspecified atom stereocenters. The van der Waals surface area contributed by atoms with E-state index < -0.39 is 36.4 Å².